The maximum atomic E-state index is 5.23. The van der Waals surface area contributed by atoms with Crippen molar-refractivity contribution in [3.8, 4) is 5.75 Å². The number of hydrogen-bond donors (Lipinski definition) is 1. The number of benzene rings is 1. The maximum absolute atomic E-state index is 5.23. The number of methoxy groups -OCH3 is 1. The van der Waals surface area contributed by atoms with Gasteiger partial charge in [-0.3, -0.25) is 4.98 Å². The number of nitrogens with zero attached hydrogens (tertiary/aromatic N) is 1. The molecule has 84 valence electrons. The fourth-order valence-corrected chi connectivity index (χ4v) is 1.72. The van der Waals surface area contributed by atoms with Gasteiger partial charge in [0.15, 0.2) is 0 Å². The SMILES string of the molecule is CCNCc1nccc2ccc(OC)cc12. The average Bonchev–Trinajstić information content (AvgIpc) is 2.35. The first-order valence-corrected chi connectivity index (χ1v) is 5.47. The van der Waals surface area contributed by atoms with Crippen molar-refractivity contribution >= 4 is 10.8 Å². The van der Waals surface area contributed by atoms with E-state index in [9.17, 15) is 0 Å². The van der Waals surface area contributed by atoms with E-state index in [1.165, 1.54) is 5.39 Å². The van der Waals surface area contributed by atoms with Crippen LogP contribution in [0.5, 0.6) is 5.75 Å². The second-order valence-corrected chi connectivity index (χ2v) is 3.63. The van der Waals surface area contributed by atoms with Crippen molar-refractivity contribution in [3.05, 3.63) is 36.2 Å². The van der Waals surface area contributed by atoms with Gasteiger partial charge in [0.25, 0.3) is 0 Å². The molecule has 1 aromatic carbocycles. The Balaban J connectivity index is 2.46. The van der Waals surface area contributed by atoms with Gasteiger partial charge in [0.05, 0.1) is 12.8 Å². The Bertz CT molecular complexity index is 482. The highest BCUT2D eigenvalue weighted by Crippen LogP contribution is 2.22. The van der Waals surface area contributed by atoms with Crippen LogP contribution in [0, 0.1) is 0 Å². The third kappa shape index (κ3) is 2.14. The lowest BCUT2D eigenvalue weighted by Crippen LogP contribution is -2.13. The van der Waals surface area contributed by atoms with E-state index in [0.717, 1.165) is 29.9 Å². The highest BCUT2D eigenvalue weighted by Gasteiger charge is 2.03. The van der Waals surface area contributed by atoms with Crippen molar-refractivity contribution in [1.29, 1.82) is 0 Å². The monoisotopic (exact) mass is 216 g/mol. The maximum Gasteiger partial charge on any atom is 0.119 e. The summed E-state index contributed by atoms with van der Waals surface area (Å²) < 4.78 is 5.23. The molecule has 0 atom stereocenters. The molecule has 0 saturated heterocycles. The molecule has 0 unspecified atom stereocenters. The molecule has 0 fully saturated rings. The van der Waals surface area contributed by atoms with Crippen LogP contribution in [0.15, 0.2) is 30.5 Å². The van der Waals surface area contributed by atoms with E-state index in [4.69, 9.17) is 4.74 Å². The number of aromatic nitrogens is 1. The van der Waals surface area contributed by atoms with Crippen LogP contribution in [-0.4, -0.2) is 18.6 Å². The van der Waals surface area contributed by atoms with Crippen molar-refractivity contribution in [3.63, 3.8) is 0 Å². The number of nitrogens with one attached hydrogen (secondary N) is 1. The van der Waals surface area contributed by atoms with Crippen LogP contribution >= 0.6 is 0 Å². The number of hydrogen-bond acceptors (Lipinski definition) is 3. The van der Waals surface area contributed by atoms with Gasteiger partial charge in [-0.05, 0) is 30.1 Å². The standard InChI is InChI=1S/C13H16N2O/c1-3-14-9-13-12-8-11(16-2)5-4-10(12)6-7-15-13/h4-8,14H,3,9H2,1-2H3. The van der Waals surface area contributed by atoms with Crippen molar-refractivity contribution in [2.24, 2.45) is 0 Å². The van der Waals surface area contributed by atoms with Gasteiger partial charge >= 0.3 is 0 Å². The molecule has 1 N–H and O–H groups in total. The molecule has 1 aromatic heterocycles. The zero-order chi connectivity index (χ0) is 11.4. The van der Waals surface area contributed by atoms with E-state index < -0.39 is 0 Å². The lowest BCUT2D eigenvalue weighted by Gasteiger charge is -2.07. The minimum Gasteiger partial charge on any atom is -0.497 e. The number of pyridine rings is 1. The summed E-state index contributed by atoms with van der Waals surface area (Å²) in [5, 5.41) is 5.64. The average molecular weight is 216 g/mol. The number of ether oxygens (including phenoxy) is 1. The number of fused-ring (bicyclic) bond motifs is 1. The van der Waals surface area contributed by atoms with Crippen LogP contribution < -0.4 is 10.1 Å². The minimum absolute atomic E-state index is 0.793. The van der Waals surface area contributed by atoms with Crippen LogP contribution in [-0.2, 0) is 6.54 Å². The second kappa shape index (κ2) is 4.94. The van der Waals surface area contributed by atoms with Crippen molar-refractivity contribution in [2.45, 2.75) is 13.5 Å². The van der Waals surface area contributed by atoms with Gasteiger partial charge in [0.2, 0.25) is 0 Å². The molecule has 2 rings (SSSR count). The smallest absolute Gasteiger partial charge is 0.119 e. The number of rotatable bonds is 4. The summed E-state index contributed by atoms with van der Waals surface area (Å²) in [4.78, 5) is 4.40. The molecule has 1 heterocycles. The van der Waals surface area contributed by atoms with E-state index in [1.54, 1.807) is 7.11 Å². The molecule has 0 saturated carbocycles. The van der Waals surface area contributed by atoms with Gasteiger partial charge in [0, 0.05) is 18.1 Å². The van der Waals surface area contributed by atoms with Crippen molar-refractivity contribution in [1.82, 2.24) is 10.3 Å². The first-order chi connectivity index (χ1) is 7.85. The lowest BCUT2D eigenvalue weighted by atomic mass is 10.1. The van der Waals surface area contributed by atoms with Crippen molar-refractivity contribution in [2.75, 3.05) is 13.7 Å². The summed E-state index contributed by atoms with van der Waals surface area (Å²) in [5.41, 5.74) is 1.07. The van der Waals surface area contributed by atoms with E-state index in [1.807, 2.05) is 24.4 Å². The van der Waals surface area contributed by atoms with Crippen LogP contribution in [0.3, 0.4) is 0 Å². The summed E-state index contributed by atoms with van der Waals surface area (Å²) in [7, 11) is 1.68. The van der Waals surface area contributed by atoms with Gasteiger partial charge in [0.1, 0.15) is 5.75 Å². The molecule has 0 amide bonds. The van der Waals surface area contributed by atoms with Crippen LogP contribution in [0.25, 0.3) is 10.8 Å². The van der Waals surface area contributed by atoms with Crippen LogP contribution in [0.1, 0.15) is 12.6 Å². The van der Waals surface area contributed by atoms with E-state index in [2.05, 4.69) is 23.3 Å². The summed E-state index contributed by atoms with van der Waals surface area (Å²) in [6.45, 7) is 3.83. The summed E-state index contributed by atoms with van der Waals surface area (Å²) in [6.07, 6.45) is 1.85. The largest absolute Gasteiger partial charge is 0.497 e. The molecule has 0 aliphatic carbocycles. The molecular weight excluding hydrogens is 200 g/mol. The Morgan fingerprint density at radius 3 is 2.94 bits per heavy atom. The fraction of sp³-hybridized carbons (Fsp3) is 0.308. The normalized spacial score (nSPS) is 10.6. The van der Waals surface area contributed by atoms with Crippen LogP contribution in [0.2, 0.25) is 0 Å². The molecule has 0 spiro atoms. The Hall–Kier alpha value is -1.61. The predicted molar refractivity (Wildman–Crippen MR) is 65.7 cm³/mol. The third-order valence-electron chi connectivity index (χ3n) is 2.60. The van der Waals surface area contributed by atoms with Crippen LogP contribution in [0.4, 0.5) is 0 Å². The minimum atomic E-state index is 0.793. The topological polar surface area (TPSA) is 34.2 Å². The van der Waals surface area contributed by atoms with E-state index in [0.29, 0.717) is 0 Å². The molecule has 16 heavy (non-hydrogen) atoms. The quantitative estimate of drug-likeness (QED) is 0.851. The highest BCUT2D eigenvalue weighted by molar-refractivity contribution is 5.85. The van der Waals surface area contributed by atoms with Gasteiger partial charge in [-0.1, -0.05) is 13.0 Å². The van der Waals surface area contributed by atoms with Gasteiger partial charge in [-0.15, -0.1) is 0 Å². The Kier molecular flexibility index (Phi) is 3.37. The summed E-state index contributed by atoms with van der Waals surface area (Å²) in [6, 6.07) is 8.09. The fourth-order valence-electron chi connectivity index (χ4n) is 1.72. The zero-order valence-electron chi connectivity index (χ0n) is 9.66. The molecule has 0 radical (unpaired) electrons. The molecule has 0 aliphatic rings. The molecule has 0 bridgehead atoms. The highest BCUT2D eigenvalue weighted by atomic mass is 16.5. The lowest BCUT2D eigenvalue weighted by molar-refractivity contribution is 0.415. The van der Waals surface area contributed by atoms with E-state index in [-0.39, 0.29) is 0 Å². The summed E-state index contributed by atoms with van der Waals surface area (Å²) in [5.74, 6) is 0.873. The molecule has 0 aliphatic heterocycles. The van der Waals surface area contributed by atoms with Gasteiger partial charge in [-0.2, -0.15) is 0 Å². The van der Waals surface area contributed by atoms with E-state index >= 15 is 0 Å². The Morgan fingerprint density at radius 2 is 2.19 bits per heavy atom. The van der Waals surface area contributed by atoms with Crippen molar-refractivity contribution < 1.29 is 4.74 Å². The first-order valence-electron chi connectivity index (χ1n) is 5.47. The second-order valence-electron chi connectivity index (χ2n) is 3.63. The van der Waals surface area contributed by atoms with Gasteiger partial charge < -0.3 is 10.1 Å². The third-order valence-corrected chi connectivity index (χ3v) is 2.60. The Morgan fingerprint density at radius 1 is 1.31 bits per heavy atom. The molecule has 2 aromatic rings. The Labute approximate surface area is 95.5 Å². The molecule has 3 nitrogen and oxygen atoms in total. The van der Waals surface area contributed by atoms with Gasteiger partial charge in [-0.25, -0.2) is 0 Å². The molecule has 3 heteroatoms. The predicted octanol–water partition coefficient (Wildman–Crippen LogP) is 2.35. The zero-order valence-corrected chi connectivity index (χ0v) is 9.66. The first kappa shape index (κ1) is 10.9. The summed E-state index contributed by atoms with van der Waals surface area (Å²) >= 11 is 0. The molecular formula is C13H16N2O.